The second kappa shape index (κ2) is 8.05. The van der Waals surface area contributed by atoms with Gasteiger partial charge in [-0.1, -0.05) is 97.1 Å². The van der Waals surface area contributed by atoms with Crippen LogP contribution in [0.15, 0.2) is 138 Å². The molecular weight excluding hydrogens is 513 g/mol. The fraction of sp³-hybridized carbons (Fsp3) is 0. The third-order valence-electron chi connectivity index (χ3n) is 9.03. The van der Waals surface area contributed by atoms with E-state index < -0.39 is 0 Å². The molecule has 3 heterocycles. The largest absolute Gasteiger partial charge is 0.551 e. The van der Waals surface area contributed by atoms with E-state index in [1.54, 1.807) is 0 Å². The van der Waals surface area contributed by atoms with E-state index in [-0.39, 0.29) is 6.92 Å². The van der Waals surface area contributed by atoms with Gasteiger partial charge in [-0.15, -0.1) is 0 Å². The van der Waals surface area contributed by atoms with Gasteiger partial charge in [0.1, 0.15) is 16.9 Å². The Kier molecular flexibility index (Phi) is 4.26. The monoisotopic (exact) mass is 535 g/mol. The minimum Gasteiger partial charge on any atom is -0.551 e. The van der Waals surface area contributed by atoms with Gasteiger partial charge in [0, 0.05) is 33.3 Å². The van der Waals surface area contributed by atoms with Crippen molar-refractivity contribution in [2.75, 3.05) is 4.90 Å². The number of hydrogen-bond donors (Lipinski definition) is 0. The Morgan fingerprint density at radius 1 is 0.524 bits per heavy atom. The van der Waals surface area contributed by atoms with Gasteiger partial charge in [-0.3, -0.25) is 0 Å². The van der Waals surface area contributed by atoms with Crippen LogP contribution in [0.5, 0.6) is 5.75 Å². The summed E-state index contributed by atoms with van der Waals surface area (Å²) in [7, 11) is 0. The van der Waals surface area contributed by atoms with Crippen molar-refractivity contribution < 1.29 is 9.07 Å². The summed E-state index contributed by atoms with van der Waals surface area (Å²) in [5, 5.41) is 7.07. The molecule has 42 heavy (non-hydrogen) atoms. The summed E-state index contributed by atoms with van der Waals surface area (Å²) < 4.78 is 13.6. The van der Waals surface area contributed by atoms with Gasteiger partial charge in [0.05, 0.1) is 11.1 Å². The van der Waals surface area contributed by atoms with E-state index in [4.69, 9.17) is 9.07 Å². The molecule has 0 amide bonds. The molecule has 0 bridgehead atoms. The van der Waals surface area contributed by atoms with Gasteiger partial charge < -0.3 is 14.0 Å². The van der Waals surface area contributed by atoms with Crippen LogP contribution in [0, 0.1) is 0 Å². The normalized spacial score (nSPS) is 13.3. The van der Waals surface area contributed by atoms with Gasteiger partial charge in [0.25, 0.3) is 0 Å². The SMILES string of the molecule is c1ccc2c(c1)OB1c3c-2cc2oc4ccccc4c2c3N(c2ccc3ccccc3c2)c2ccc3ccccc3c21. The first-order valence-electron chi connectivity index (χ1n) is 14.4. The van der Waals surface area contributed by atoms with Crippen LogP contribution >= 0.6 is 0 Å². The molecule has 0 atom stereocenters. The van der Waals surface area contributed by atoms with Crippen molar-refractivity contribution in [3.8, 4) is 16.9 Å². The van der Waals surface area contributed by atoms with Crippen molar-refractivity contribution >= 4 is 78.4 Å². The first-order valence-corrected chi connectivity index (χ1v) is 14.4. The van der Waals surface area contributed by atoms with E-state index in [0.29, 0.717) is 0 Å². The summed E-state index contributed by atoms with van der Waals surface area (Å²) in [6.07, 6.45) is 0. The van der Waals surface area contributed by atoms with Crippen molar-refractivity contribution in [3.05, 3.63) is 133 Å². The molecule has 10 rings (SSSR count). The zero-order valence-electron chi connectivity index (χ0n) is 22.5. The van der Waals surface area contributed by atoms with Crippen molar-refractivity contribution in [2.24, 2.45) is 0 Å². The van der Waals surface area contributed by atoms with E-state index in [0.717, 1.165) is 55.9 Å². The molecule has 8 aromatic rings. The first kappa shape index (κ1) is 22.2. The fourth-order valence-corrected chi connectivity index (χ4v) is 7.24. The Morgan fingerprint density at radius 3 is 2.19 bits per heavy atom. The number of fused-ring (bicyclic) bond motifs is 11. The maximum atomic E-state index is 7.01. The lowest BCUT2D eigenvalue weighted by atomic mass is 9.48. The summed E-state index contributed by atoms with van der Waals surface area (Å²) in [6.45, 7) is -0.263. The number of benzene rings is 7. The minimum absolute atomic E-state index is 0.263. The highest BCUT2D eigenvalue weighted by atomic mass is 16.4. The van der Waals surface area contributed by atoms with Crippen LogP contribution < -0.4 is 20.5 Å². The van der Waals surface area contributed by atoms with Gasteiger partial charge in [-0.2, -0.15) is 0 Å². The molecule has 1 aromatic heterocycles. The molecule has 194 valence electrons. The van der Waals surface area contributed by atoms with Crippen LogP contribution in [0.3, 0.4) is 0 Å². The molecule has 0 saturated carbocycles. The van der Waals surface area contributed by atoms with Gasteiger partial charge in [-0.05, 0) is 63.5 Å². The molecule has 0 N–H and O–H groups in total. The van der Waals surface area contributed by atoms with Crippen LogP contribution in [0.1, 0.15) is 0 Å². The lowest BCUT2D eigenvalue weighted by molar-refractivity contribution is 0.590. The average molecular weight is 535 g/mol. The molecule has 2 aliphatic heterocycles. The second-order valence-electron chi connectivity index (χ2n) is 11.2. The number of anilines is 3. The summed E-state index contributed by atoms with van der Waals surface area (Å²) >= 11 is 0. The Labute approximate surface area is 242 Å². The number of nitrogens with zero attached hydrogens (tertiary/aromatic N) is 1. The van der Waals surface area contributed by atoms with E-state index in [9.17, 15) is 0 Å². The van der Waals surface area contributed by atoms with Crippen LogP contribution in [0.4, 0.5) is 17.1 Å². The van der Waals surface area contributed by atoms with Gasteiger partial charge in [0.2, 0.25) is 0 Å². The van der Waals surface area contributed by atoms with E-state index in [1.807, 2.05) is 6.07 Å². The number of furan rings is 1. The van der Waals surface area contributed by atoms with E-state index >= 15 is 0 Å². The van der Waals surface area contributed by atoms with Crippen molar-refractivity contribution in [2.45, 2.75) is 0 Å². The third-order valence-corrected chi connectivity index (χ3v) is 9.03. The van der Waals surface area contributed by atoms with Crippen molar-refractivity contribution in [1.82, 2.24) is 0 Å². The molecule has 3 nitrogen and oxygen atoms in total. The molecule has 2 aliphatic rings. The maximum absolute atomic E-state index is 7.01. The van der Waals surface area contributed by atoms with Gasteiger partial charge in [0.15, 0.2) is 0 Å². The average Bonchev–Trinajstić information content (AvgIpc) is 3.43. The molecule has 7 aromatic carbocycles. The summed E-state index contributed by atoms with van der Waals surface area (Å²) in [4.78, 5) is 2.45. The molecular formula is C38H22BNO2. The molecule has 0 fully saturated rings. The van der Waals surface area contributed by atoms with Crippen LogP contribution in [-0.2, 0) is 0 Å². The molecule has 0 radical (unpaired) electrons. The number of rotatable bonds is 1. The Hall–Kier alpha value is -5.48. The van der Waals surface area contributed by atoms with Crippen LogP contribution in [0.2, 0.25) is 0 Å². The van der Waals surface area contributed by atoms with Crippen LogP contribution in [-0.4, -0.2) is 6.92 Å². The van der Waals surface area contributed by atoms with Gasteiger partial charge in [-0.25, -0.2) is 0 Å². The zero-order valence-corrected chi connectivity index (χ0v) is 22.5. The number of hydrogen-bond acceptors (Lipinski definition) is 3. The molecule has 0 saturated heterocycles. The van der Waals surface area contributed by atoms with E-state index in [2.05, 4.69) is 132 Å². The first-order chi connectivity index (χ1) is 20.8. The predicted octanol–water partition coefficient (Wildman–Crippen LogP) is 8.84. The maximum Gasteiger partial charge on any atom is 0.432 e. The Morgan fingerprint density at radius 2 is 1.26 bits per heavy atom. The standard InChI is InChI=1S/C38H22BNO2/c1-2-11-25-21-26(19-17-23(25)9-1)40-31-20-18-24-10-3-4-12-27(24)36(31)39-37-30(28-13-5-8-16-33(28)42-39)22-34-35(38(37)40)29-14-6-7-15-32(29)41-34/h1-22H. The fourth-order valence-electron chi connectivity index (χ4n) is 7.24. The summed E-state index contributed by atoms with van der Waals surface area (Å²) in [5.41, 5.74) is 9.77. The smallest absolute Gasteiger partial charge is 0.432 e. The quantitative estimate of drug-likeness (QED) is 0.197. The highest BCUT2D eigenvalue weighted by Gasteiger charge is 2.45. The summed E-state index contributed by atoms with van der Waals surface area (Å²) in [5.74, 6) is 0.898. The predicted molar refractivity (Wildman–Crippen MR) is 175 cm³/mol. The van der Waals surface area contributed by atoms with E-state index in [1.165, 1.54) is 32.5 Å². The minimum atomic E-state index is -0.263. The molecule has 0 aliphatic carbocycles. The Bertz CT molecular complexity index is 2420. The Balaban J connectivity index is 1.43. The van der Waals surface area contributed by atoms with Gasteiger partial charge >= 0.3 is 6.92 Å². The highest BCUT2D eigenvalue weighted by Crippen LogP contribution is 2.49. The number of para-hydroxylation sites is 2. The van der Waals surface area contributed by atoms with Crippen molar-refractivity contribution in [1.29, 1.82) is 0 Å². The molecule has 0 spiro atoms. The summed E-state index contributed by atoms with van der Waals surface area (Å²) in [6, 6.07) is 47.5. The zero-order chi connectivity index (χ0) is 27.4. The molecule has 4 heteroatoms. The molecule has 0 unspecified atom stereocenters. The van der Waals surface area contributed by atoms with Crippen LogP contribution in [0.25, 0.3) is 54.6 Å². The highest BCUT2D eigenvalue weighted by molar-refractivity contribution is 6.88. The lowest BCUT2D eigenvalue weighted by Crippen LogP contribution is -2.56. The lowest BCUT2D eigenvalue weighted by Gasteiger charge is -2.40. The third kappa shape index (κ3) is 2.86. The topological polar surface area (TPSA) is 25.6 Å². The van der Waals surface area contributed by atoms with Crippen molar-refractivity contribution in [3.63, 3.8) is 0 Å². The second-order valence-corrected chi connectivity index (χ2v) is 11.2.